The first-order chi connectivity index (χ1) is 4.54. The van der Waals surface area contributed by atoms with Gasteiger partial charge in [-0.3, -0.25) is 0 Å². The zero-order chi connectivity index (χ0) is 8.57. The van der Waals surface area contributed by atoms with Gasteiger partial charge in [0.2, 0.25) is 0 Å². The van der Waals surface area contributed by atoms with Crippen molar-refractivity contribution in [2.45, 2.75) is 0 Å². The first-order valence-electron chi connectivity index (χ1n) is 2.49. The topological polar surface area (TPSA) is 110 Å². The molecule has 0 fully saturated rings. The molecule has 0 aliphatic carbocycles. The van der Waals surface area contributed by atoms with Crippen molar-refractivity contribution in [1.82, 2.24) is 10.6 Å². The molecule has 0 saturated carbocycles. The maximum Gasteiger partial charge on any atom is 0.311 e. The van der Waals surface area contributed by atoms with Crippen LogP contribution in [0.1, 0.15) is 0 Å². The van der Waals surface area contributed by atoms with Gasteiger partial charge in [0.1, 0.15) is 0 Å². The fourth-order valence-corrected chi connectivity index (χ4v) is 0. The van der Waals surface area contributed by atoms with Gasteiger partial charge in [-0.25, -0.2) is 9.59 Å². The minimum atomic E-state index is -0.495. The second-order valence-corrected chi connectivity index (χ2v) is 1.23. The second kappa shape index (κ2) is 7.54. The Labute approximate surface area is 58.9 Å². The first-order valence-corrected chi connectivity index (χ1v) is 2.49. The summed E-state index contributed by atoms with van der Waals surface area (Å²) in [4.78, 5) is 19.0. The molecule has 0 aromatic carbocycles. The SMILES string of the molecule is CNC(N)=O.CNC(N)=O. The van der Waals surface area contributed by atoms with Crippen molar-refractivity contribution in [3.63, 3.8) is 0 Å². The third kappa shape index (κ3) is 31.1. The quantitative estimate of drug-likeness (QED) is 0.337. The number of carbonyl (C=O) groups is 2. The Morgan fingerprint density at radius 1 is 1.00 bits per heavy atom. The predicted molar refractivity (Wildman–Crippen MR) is 37.3 cm³/mol. The zero-order valence-corrected chi connectivity index (χ0v) is 5.97. The highest BCUT2D eigenvalue weighted by Gasteiger charge is 1.73. The van der Waals surface area contributed by atoms with Crippen molar-refractivity contribution in [1.29, 1.82) is 0 Å². The summed E-state index contributed by atoms with van der Waals surface area (Å²) < 4.78 is 0. The molecule has 6 nitrogen and oxygen atoms in total. The van der Waals surface area contributed by atoms with Crippen LogP contribution in [0, 0.1) is 0 Å². The molecule has 10 heavy (non-hydrogen) atoms. The van der Waals surface area contributed by atoms with E-state index in [1.54, 1.807) is 0 Å². The Balaban J connectivity index is 0. The average molecular weight is 148 g/mol. The lowest BCUT2D eigenvalue weighted by molar-refractivity contribution is 0.250. The Kier molecular flexibility index (Phi) is 8.56. The van der Waals surface area contributed by atoms with E-state index >= 15 is 0 Å². The minimum absolute atomic E-state index is 0.495. The summed E-state index contributed by atoms with van der Waals surface area (Å²) in [6.07, 6.45) is 0. The maximum atomic E-state index is 9.48. The summed E-state index contributed by atoms with van der Waals surface area (Å²) in [7, 11) is 2.95. The molecule has 0 saturated heterocycles. The van der Waals surface area contributed by atoms with E-state index in [0.717, 1.165) is 0 Å². The molecule has 0 radical (unpaired) electrons. The number of carbonyl (C=O) groups excluding carboxylic acids is 2. The van der Waals surface area contributed by atoms with E-state index in [1.165, 1.54) is 14.1 Å². The van der Waals surface area contributed by atoms with Crippen LogP contribution in [-0.4, -0.2) is 26.2 Å². The normalized spacial score (nSPS) is 6.60. The van der Waals surface area contributed by atoms with Gasteiger partial charge in [0, 0.05) is 14.1 Å². The summed E-state index contributed by atoms with van der Waals surface area (Å²) in [5, 5.41) is 4.33. The molecule has 0 unspecified atom stereocenters. The Morgan fingerprint density at radius 2 is 1.10 bits per heavy atom. The van der Waals surface area contributed by atoms with Crippen molar-refractivity contribution in [3.8, 4) is 0 Å². The van der Waals surface area contributed by atoms with Gasteiger partial charge in [-0.2, -0.15) is 0 Å². The Bertz CT molecular complexity index is 99.8. The maximum absolute atomic E-state index is 9.48. The standard InChI is InChI=1S/2C2H6N2O/c2*1-4-2(3)5/h2*1H3,(H3,3,4,5). The lowest BCUT2D eigenvalue weighted by Crippen LogP contribution is -2.24. The fourth-order valence-electron chi connectivity index (χ4n) is 0. The number of amides is 4. The van der Waals surface area contributed by atoms with Crippen LogP contribution in [-0.2, 0) is 0 Å². The lowest BCUT2D eigenvalue weighted by atomic mass is 11.1. The molecule has 0 aromatic rings. The Morgan fingerprint density at radius 3 is 1.10 bits per heavy atom. The van der Waals surface area contributed by atoms with Crippen molar-refractivity contribution >= 4 is 12.1 Å². The van der Waals surface area contributed by atoms with Crippen LogP contribution in [0.3, 0.4) is 0 Å². The van der Waals surface area contributed by atoms with Gasteiger partial charge in [-0.1, -0.05) is 0 Å². The largest absolute Gasteiger partial charge is 0.352 e. The second-order valence-electron chi connectivity index (χ2n) is 1.23. The van der Waals surface area contributed by atoms with Gasteiger partial charge < -0.3 is 22.1 Å². The molecule has 0 aromatic heterocycles. The molecule has 0 spiro atoms. The lowest BCUT2D eigenvalue weighted by Gasteiger charge is -1.80. The summed E-state index contributed by atoms with van der Waals surface area (Å²) in [5.41, 5.74) is 9.08. The third-order valence-corrected chi connectivity index (χ3v) is 0.493. The molecule has 0 rings (SSSR count). The van der Waals surface area contributed by atoms with Crippen LogP contribution in [0.4, 0.5) is 9.59 Å². The number of primary amides is 2. The van der Waals surface area contributed by atoms with Gasteiger partial charge in [-0.05, 0) is 0 Å². The van der Waals surface area contributed by atoms with Crippen LogP contribution < -0.4 is 22.1 Å². The first kappa shape index (κ1) is 11.4. The van der Waals surface area contributed by atoms with E-state index in [2.05, 4.69) is 22.1 Å². The number of hydrogen-bond acceptors (Lipinski definition) is 2. The average Bonchev–Trinajstić information content (AvgIpc) is 1.89. The summed E-state index contributed by atoms with van der Waals surface area (Å²) >= 11 is 0. The van der Waals surface area contributed by atoms with Gasteiger partial charge in [0.25, 0.3) is 0 Å². The molecule has 6 heteroatoms. The third-order valence-electron chi connectivity index (χ3n) is 0.493. The molecular formula is C4H12N4O2. The predicted octanol–water partition coefficient (Wildman–Crippen LogP) is -1.43. The molecule has 0 heterocycles. The molecule has 0 bridgehead atoms. The number of hydrogen-bond donors (Lipinski definition) is 4. The van der Waals surface area contributed by atoms with Crippen LogP contribution in [0.2, 0.25) is 0 Å². The highest BCUT2D eigenvalue weighted by molar-refractivity contribution is 5.71. The van der Waals surface area contributed by atoms with E-state index in [4.69, 9.17) is 0 Å². The van der Waals surface area contributed by atoms with E-state index in [1.807, 2.05) is 0 Å². The summed E-state index contributed by atoms with van der Waals surface area (Å²) in [6.45, 7) is 0. The van der Waals surface area contributed by atoms with Crippen LogP contribution in [0.15, 0.2) is 0 Å². The van der Waals surface area contributed by atoms with Crippen molar-refractivity contribution in [3.05, 3.63) is 0 Å². The monoisotopic (exact) mass is 148 g/mol. The minimum Gasteiger partial charge on any atom is -0.352 e. The smallest absolute Gasteiger partial charge is 0.311 e. The molecule has 4 amide bonds. The summed E-state index contributed by atoms with van der Waals surface area (Å²) in [5.74, 6) is 0. The van der Waals surface area contributed by atoms with Gasteiger partial charge >= 0.3 is 12.1 Å². The van der Waals surface area contributed by atoms with Gasteiger partial charge in [0.15, 0.2) is 0 Å². The molecule has 0 aliphatic heterocycles. The zero-order valence-electron chi connectivity index (χ0n) is 5.97. The molecule has 6 N–H and O–H groups in total. The number of nitrogens with one attached hydrogen (secondary N) is 2. The molecule has 0 atom stereocenters. The van der Waals surface area contributed by atoms with Crippen LogP contribution in [0.5, 0.6) is 0 Å². The molecule has 60 valence electrons. The Hall–Kier alpha value is -1.46. The highest BCUT2D eigenvalue weighted by Crippen LogP contribution is 1.39. The van der Waals surface area contributed by atoms with Crippen molar-refractivity contribution < 1.29 is 9.59 Å². The van der Waals surface area contributed by atoms with E-state index < -0.39 is 12.1 Å². The number of urea groups is 2. The van der Waals surface area contributed by atoms with E-state index in [9.17, 15) is 9.59 Å². The number of rotatable bonds is 0. The van der Waals surface area contributed by atoms with Crippen molar-refractivity contribution in [2.75, 3.05) is 14.1 Å². The van der Waals surface area contributed by atoms with Crippen LogP contribution >= 0.6 is 0 Å². The van der Waals surface area contributed by atoms with E-state index in [-0.39, 0.29) is 0 Å². The van der Waals surface area contributed by atoms with Gasteiger partial charge in [0.05, 0.1) is 0 Å². The number of nitrogens with two attached hydrogens (primary N) is 2. The van der Waals surface area contributed by atoms with Crippen molar-refractivity contribution in [2.24, 2.45) is 11.5 Å². The molecular weight excluding hydrogens is 136 g/mol. The summed E-state index contributed by atoms with van der Waals surface area (Å²) in [6, 6.07) is -0.991. The molecule has 0 aliphatic rings. The van der Waals surface area contributed by atoms with Crippen LogP contribution in [0.25, 0.3) is 0 Å². The highest BCUT2D eigenvalue weighted by atomic mass is 16.2. The van der Waals surface area contributed by atoms with E-state index in [0.29, 0.717) is 0 Å². The fraction of sp³-hybridized carbons (Fsp3) is 0.500. The van der Waals surface area contributed by atoms with Gasteiger partial charge in [-0.15, -0.1) is 0 Å².